The van der Waals surface area contributed by atoms with E-state index in [1.165, 1.54) is 0 Å². The van der Waals surface area contributed by atoms with Crippen molar-refractivity contribution in [1.29, 1.82) is 0 Å². The summed E-state index contributed by atoms with van der Waals surface area (Å²) in [4.78, 5) is 13.7. The van der Waals surface area contributed by atoms with E-state index >= 15 is 0 Å². The van der Waals surface area contributed by atoms with Crippen molar-refractivity contribution in [3.63, 3.8) is 0 Å². The monoisotopic (exact) mass is 258 g/mol. The number of methoxy groups -OCH3 is 1. The van der Waals surface area contributed by atoms with Gasteiger partial charge in [-0.25, -0.2) is 4.79 Å². The molecule has 1 saturated heterocycles. The van der Waals surface area contributed by atoms with Gasteiger partial charge in [-0.15, -0.1) is 0 Å². The summed E-state index contributed by atoms with van der Waals surface area (Å²) in [5.41, 5.74) is -0.512. The van der Waals surface area contributed by atoms with Crippen molar-refractivity contribution >= 4 is 6.09 Å². The van der Waals surface area contributed by atoms with Crippen molar-refractivity contribution in [3.8, 4) is 0 Å². The molecule has 0 spiro atoms. The molecule has 1 aliphatic rings. The lowest BCUT2D eigenvalue weighted by molar-refractivity contribution is 0.0147. The summed E-state index contributed by atoms with van der Waals surface area (Å²) in [6.07, 6.45) is 0.340. The Morgan fingerprint density at radius 2 is 2.17 bits per heavy atom. The molecule has 0 bridgehead atoms. The van der Waals surface area contributed by atoms with Crippen molar-refractivity contribution in [1.82, 2.24) is 4.90 Å². The molecule has 1 amide bonds. The highest BCUT2D eigenvalue weighted by atomic mass is 16.6. The minimum Gasteiger partial charge on any atom is -0.444 e. The fraction of sp³-hybridized carbons (Fsp3) is 0.909. The molecule has 18 heavy (non-hydrogen) atoms. The van der Waals surface area contributed by atoms with Crippen LogP contribution in [0, 0.1) is 0 Å². The van der Waals surface area contributed by atoms with Crippen molar-refractivity contribution in [2.75, 3.05) is 20.3 Å². The number of carbonyl (C=O) groups excluding carboxylic acids is 1. The molecule has 0 radical (unpaired) electrons. The van der Waals surface area contributed by atoms with E-state index in [0.717, 1.165) is 0 Å². The number of hydrogen-bond acceptors (Lipinski definition) is 5. The molecule has 0 aliphatic carbocycles. The van der Waals surface area contributed by atoms with Gasteiger partial charge in [0.05, 0.1) is 18.7 Å². The maximum Gasteiger partial charge on any atom is 0.410 e. The number of nitrogens with two attached hydrogens (primary N) is 1. The molecular weight excluding hydrogens is 236 g/mol. The highest BCUT2D eigenvalue weighted by Crippen LogP contribution is 2.23. The van der Waals surface area contributed by atoms with Gasteiger partial charge in [-0.3, -0.25) is 0 Å². The van der Waals surface area contributed by atoms with E-state index in [0.29, 0.717) is 19.6 Å². The van der Waals surface area contributed by atoms with E-state index in [4.69, 9.17) is 15.3 Å². The molecule has 0 saturated carbocycles. The summed E-state index contributed by atoms with van der Waals surface area (Å²) in [6, 6.07) is -0.122. The molecule has 1 fully saturated rings. The van der Waals surface area contributed by atoms with Crippen molar-refractivity contribution in [2.24, 2.45) is 16.2 Å². The van der Waals surface area contributed by atoms with Crippen LogP contribution in [0.3, 0.4) is 0 Å². The zero-order valence-electron chi connectivity index (χ0n) is 11.4. The first kappa shape index (κ1) is 14.7. The molecule has 0 aromatic carbocycles. The minimum atomic E-state index is -0.512. The van der Waals surface area contributed by atoms with Crippen LogP contribution in [-0.2, 0) is 9.47 Å². The van der Waals surface area contributed by atoms with Crippen LogP contribution in [-0.4, -0.2) is 48.9 Å². The Labute approximate surface area is 107 Å². The highest BCUT2D eigenvalue weighted by Gasteiger charge is 2.37. The molecule has 0 unspecified atom stereocenters. The van der Waals surface area contributed by atoms with Crippen LogP contribution >= 0.6 is 0 Å². The molecule has 2 N–H and O–H groups in total. The Balaban J connectivity index is 2.68. The molecule has 0 aromatic heterocycles. The summed E-state index contributed by atoms with van der Waals surface area (Å²) in [7, 11) is 1.60. The second-order valence-electron chi connectivity index (χ2n) is 5.36. The van der Waals surface area contributed by atoms with Gasteiger partial charge in [-0.2, -0.15) is 5.11 Å². The van der Waals surface area contributed by atoms with Gasteiger partial charge in [0.15, 0.2) is 0 Å². The Kier molecular flexibility index (Phi) is 4.89. The molecule has 104 valence electrons. The van der Waals surface area contributed by atoms with Crippen LogP contribution < -0.4 is 5.84 Å². The van der Waals surface area contributed by atoms with Gasteiger partial charge in [0.2, 0.25) is 0 Å². The fourth-order valence-electron chi connectivity index (χ4n) is 1.96. The Bertz CT molecular complexity index is 314. The first-order chi connectivity index (χ1) is 8.37. The molecule has 7 nitrogen and oxygen atoms in total. The number of amides is 1. The smallest absolute Gasteiger partial charge is 0.410 e. The standard InChI is InChI=1S/C11H22N4O3/c1-11(2,3)18-10(16)15-6-8(13-14-12)5-9(15)7-17-4/h8-9H,5-7H2,1-4H3,(H2,12,13)/t8-,9+/m1/s1. The highest BCUT2D eigenvalue weighted by molar-refractivity contribution is 5.69. The quantitative estimate of drug-likeness (QED) is 0.470. The van der Waals surface area contributed by atoms with Gasteiger partial charge >= 0.3 is 6.09 Å². The van der Waals surface area contributed by atoms with E-state index in [-0.39, 0.29) is 18.2 Å². The molecule has 7 heteroatoms. The number of ether oxygens (including phenoxy) is 2. The number of rotatable bonds is 3. The summed E-state index contributed by atoms with van der Waals surface area (Å²) in [6.45, 7) is 6.43. The van der Waals surface area contributed by atoms with Crippen molar-refractivity contribution < 1.29 is 14.3 Å². The second kappa shape index (κ2) is 5.99. The first-order valence-electron chi connectivity index (χ1n) is 5.96. The van der Waals surface area contributed by atoms with Gasteiger partial charge in [-0.1, -0.05) is 5.22 Å². The SMILES string of the molecule is COC[C@@H]1C[C@@H](N=NN)CN1C(=O)OC(C)(C)C. The number of likely N-dealkylation sites (tertiary alicyclic amines) is 1. The van der Waals surface area contributed by atoms with Gasteiger partial charge in [0.25, 0.3) is 0 Å². The van der Waals surface area contributed by atoms with Crippen LogP contribution in [0.15, 0.2) is 10.3 Å². The maximum absolute atomic E-state index is 12.0. The predicted octanol–water partition coefficient (Wildman–Crippen LogP) is 1.34. The summed E-state index contributed by atoms with van der Waals surface area (Å²) >= 11 is 0. The Morgan fingerprint density at radius 1 is 1.50 bits per heavy atom. The zero-order chi connectivity index (χ0) is 13.8. The van der Waals surface area contributed by atoms with Gasteiger partial charge < -0.3 is 20.2 Å². The fourth-order valence-corrected chi connectivity index (χ4v) is 1.96. The zero-order valence-corrected chi connectivity index (χ0v) is 11.4. The third-order valence-corrected chi connectivity index (χ3v) is 2.61. The lowest BCUT2D eigenvalue weighted by Gasteiger charge is -2.28. The lowest BCUT2D eigenvalue weighted by atomic mass is 10.2. The van der Waals surface area contributed by atoms with Crippen molar-refractivity contribution in [3.05, 3.63) is 0 Å². The molecule has 0 aromatic rings. The van der Waals surface area contributed by atoms with Crippen LogP contribution in [0.1, 0.15) is 27.2 Å². The predicted molar refractivity (Wildman–Crippen MR) is 66.1 cm³/mol. The normalized spacial score (nSPS) is 24.8. The average molecular weight is 258 g/mol. The number of carbonyl (C=O) groups is 1. The molecule has 1 heterocycles. The summed E-state index contributed by atoms with van der Waals surface area (Å²) < 4.78 is 10.5. The van der Waals surface area contributed by atoms with E-state index < -0.39 is 5.60 Å². The van der Waals surface area contributed by atoms with Crippen LogP contribution in [0.2, 0.25) is 0 Å². The minimum absolute atomic E-state index is 0.0413. The van der Waals surface area contributed by atoms with Gasteiger partial charge in [0.1, 0.15) is 5.60 Å². The van der Waals surface area contributed by atoms with Crippen molar-refractivity contribution in [2.45, 2.75) is 44.9 Å². The van der Waals surface area contributed by atoms with Crippen LogP contribution in [0.4, 0.5) is 4.79 Å². The van der Waals surface area contributed by atoms with E-state index in [9.17, 15) is 4.79 Å². The average Bonchev–Trinajstić information content (AvgIpc) is 2.60. The Hall–Kier alpha value is -1.37. The molecule has 2 atom stereocenters. The van der Waals surface area contributed by atoms with Gasteiger partial charge in [0, 0.05) is 13.7 Å². The maximum atomic E-state index is 12.0. The van der Waals surface area contributed by atoms with E-state index in [1.807, 2.05) is 20.8 Å². The van der Waals surface area contributed by atoms with Crippen LogP contribution in [0.25, 0.3) is 0 Å². The summed E-state index contributed by atoms with van der Waals surface area (Å²) in [5.74, 6) is 5.04. The van der Waals surface area contributed by atoms with E-state index in [2.05, 4.69) is 10.3 Å². The Morgan fingerprint density at radius 3 is 2.67 bits per heavy atom. The third-order valence-electron chi connectivity index (χ3n) is 2.61. The molecular formula is C11H22N4O3. The number of nitrogens with zero attached hydrogens (tertiary/aromatic N) is 3. The largest absolute Gasteiger partial charge is 0.444 e. The topological polar surface area (TPSA) is 89.5 Å². The van der Waals surface area contributed by atoms with E-state index in [1.54, 1.807) is 12.0 Å². The third kappa shape index (κ3) is 4.14. The summed E-state index contributed by atoms with van der Waals surface area (Å²) in [5, 5.41) is 7.17. The first-order valence-corrected chi connectivity index (χ1v) is 5.96. The van der Waals surface area contributed by atoms with Crippen LogP contribution in [0.5, 0.6) is 0 Å². The number of hydrogen-bond donors (Lipinski definition) is 1. The second-order valence-corrected chi connectivity index (χ2v) is 5.36. The molecule has 1 aliphatic heterocycles. The lowest BCUT2D eigenvalue weighted by Crippen LogP contribution is -2.41. The van der Waals surface area contributed by atoms with Gasteiger partial charge in [-0.05, 0) is 27.2 Å². The molecule has 1 rings (SSSR count).